The van der Waals surface area contributed by atoms with Crippen LogP contribution in [0.15, 0.2) is 70.5 Å². The number of carbonyl (C=O) groups is 1. The van der Waals surface area contributed by atoms with Crippen LogP contribution in [0.1, 0.15) is 30.9 Å². The molecule has 0 unspecified atom stereocenters. The van der Waals surface area contributed by atoms with Gasteiger partial charge in [0.05, 0.1) is 28.0 Å². The predicted octanol–water partition coefficient (Wildman–Crippen LogP) is 4.84. The van der Waals surface area contributed by atoms with Crippen molar-refractivity contribution < 1.29 is 26.4 Å². The number of carbonyl (C=O) groups excluding carboxylic acids is 1. The predicted molar refractivity (Wildman–Crippen MR) is 159 cm³/mol. The van der Waals surface area contributed by atoms with Crippen LogP contribution in [0, 0.1) is 12.8 Å². The lowest BCUT2D eigenvalue weighted by molar-refractivity contribution is -0.120. The van der Waals surface area contributed by atoms with Crippen LogP contribution in [-0.2, 0) is 31.3 Å². The minimum Gasteiger partial charge on any atom is -0.494 e. The monoisotopic (exact) mass is 617 g/mol. The molecule has 0 saturated carbocycles. The number of amides is 1. The Morgan fingerprint density at radius 3 is 2.41 bits per heavy atom. The van der Waals surface area contributed by atoms with Crippen molar-refractivity contribution >= 4 is 48.9 Å². The lowest BCUT2D eigenvalue weighted by Gasteiger charge is -2.31. The molecule has 0 spiro atoms. The summed E-state index contributed by atoms with van der Waals surface area (Å²) in [5.41, 5.74) is 2.55. The smallest absolute Gasteiger partial charge is 0.264 e. The number of rotatable bonds is 8. The number of ether oxygens (including phenoxy) is 1. The molecule has 3 aromatic rings. The van der Waals surface area contributed by atoms with E-state index in [2.05, 4.69) is 5.32 Å². The lowest BCUT2D eigenvalue weighted by atomic mass is 9.98. The van der Waals surface area contributed by atoms with Gasteiger partial charge in [-0.25, -0.2) is 16.8 Å². The standard InChI is InChI=1S/C29H32ClN3O6S2/c1-3-39-28-13-12-26(17-20(28)2)40(35,36)32-15-4-5-22(19-32)29(34)31-24-9-6-21-14-16-33(27(21)18-24)41(37,38)25-10-7-23(30)8-11-25/h6-13,17-18,22H,3-5,14-16,19H2,1-2H3,(H,31,34)/t22-/m1/s1. The van der Waals surface area contributed by atoms with E-state index >= 15 is 0 Å². The Labute approximate surface area is 246 Å². The van der Waals surface area contributed by atoms with Gasteiger partial charge in [-0.3, -0.25) is 9.10 Å². The van der Waals surface area contributed by atoms with Crippen molar-refractivity contribution in [2.45, 2.75) is 42.9 Å². The second-order valence-electron chi connectivity index (χ2n) is 10.2. The Morgan fingerprint density at radius 1 is 0.976 bits per heavy atom. The van der Waals surface area contributed by atoms with E-state index in [1.165, 1.54) is 38.9 Å². The first-order chi connectivity index (χ1) is 19.5. The average molecular weight is 618 g/mol. The van der Waals surface area contributed by atoms with Gasteiger partial charge in [0.1, 0.15) is 5.75 Å². The summed E-state index contributed by atoms with van der Waals surface area (Å²) in [6, 6.07) is 16.0. The van der Waals surface area contributed by atoms with Gasteiger partial charge in [-0.15, -0.1) is 0 Å². The first-order valence-electron chi connectivity index (χ1n) is 13.5. The topological polar surface area (TPSA) is 113 Å². The van der Waals surface area contributed by atoms with E-state index in [0.29, 0.717) is 54.6 Å². The number of nitrogens with one attached hydrogen (secondary N) is 1. The van der Waals surface area contributed by atoms with Crippen LogP contribution in [0.2, 0.25) is 5.02 Å². The van der Waals surface area contributed by atoms with E-state index in [1.807, 2.05) is 13.0 Å². The van der Waals surface area contributed by atoms with Crippen LogP contribution < -0.4 is 14.4 Å². The number of halogens is 1. The molecule has 2 aliphatic heterocycles. The maximum atomic E-state index is 13.4. The molecule has 0 aromatic heterocycles. The molecule has 3 aromatic carbocycles. The first kappa shape index (κ1) is 29.4. The Bertz CT molecular complexity index is 1680. The van der Waals surface area contributed by atoms with Crippen molar-refractivity contribution in [3.8, 4) is 5.75 Å². The highest BCUT2D eigenvalue weighted by molar-refractivity contribution is 7.92. The molecule has 0 aliphatic carbocycles. The van der Waals surface area contributed by atoms with Crippen molar-refractivity contribution in [1.82, 2.24) is 4.31 Å². The third-order valence-corrected chi connectivity index (χ3v) is 11.4. The fraction of sp³-hybridized carbons (Fsp3) is 0.345. The van der Waals surface area contributed by atoms with Crippen LogP contribution in [0.3, 0.4) is 0 Å². The number of benzene rings is 3. The lowest BCUT2D eigenvalue weighted by Crippen LogP contribution is -2.43. The minimum absolute atomic E-state index is 0.0580. The normalized spacial score (nSPS) is 17.7. The fourth-order valence-electron chi connectivity index (χ4n) is 5.28. The van der Waals surface area contributed by atoms with Gasteiger partial charge in [0.2, 0.25) is 15.9 Å². The van der Waals surface area contributed by atoms with Crippen molar-refractivity contribution in [3.05, 3.63) is 76.8 Å². The zero-order chi connectivity index (χ0) is 29.4. The van der Waals surface area contributed by atoms with E-state index in [4.69, 9.17) is 16.3 Å². The number of anilines is 2. The molecule has 218 valence electrons. The molecule has 1 fully saturated rings. The van der Waals surface area contributed by atoms with Crippen LogP contribution in [0.4, 0.5) is 11.4 Å². The van der Waals surface area contributed by atoms with Crippen molar-refractivity contribution in [1.29, 1.82) is 0 Å². The Hall–Kier alpha value is -3.12. The summed E-state index contributed by atoms with van der Waals surface area (Å²) in [6.07, 6.45) is 1.64. The highest BCUT2D eigenvalue weighted by Gasteiger charge is 2.35. The summed E-state index contributed by atoms with van der Waals surface area (Å²) in [7, 11) is -7.61. The van der Waals surface area contributed by atoms with Gasteiger partial charge in [0.25, 0.3) is 10.0 Å². The van der Waals surface area contributed by atoms with E-state index < -0.39 is 26.0 Å². The fourth-order valence-corrected chi connectivity index (χ4v) is 8.51. The summed E-state index contributed by atoms with van der Waals surface area (Å²) >= 11 is 5.93. The van der Waals surface area contributed by atoms with E-state index in [0.717, 1.165) is 11.1 Å². The van der Waals surface area contributed by atoms with Crippen molar-refractivity contribution in [3.63, 3.8) is 0 Å². The number of fused-ring (bicyclic) bond motifs is 1. The van der Waals surface area contributed by atoms with Crippen LogP contribution in [-0.4, -0.2) is 53.3 Å². The zero-order valence-corrected chi connectivity index (χ0v) is 25.2. The second kappa shape index (κ2) is 11.6. The number of hydrogen-bond donors (Lipinski definition) is 1. The molecule has 2 aliphatic rings. The molecule has 2 heterocycles. The van der Waals surface area contributed by atoms with Gasteiger partial charge in [0.15, 0.2) is 0 Å². The largest absolute Gasteiger partial charge is 0.494 e. The molecule has 5 rings (SSSR count). The number of sulfonamides is 2. The summed E-state index contributed by atoms with van der Waals surface area (Å²) in [5.74, 6) is -0.224. The Morgan fingerprint density at radius 2 is 1.71 bits per heavy atom. The molecule has 1 atom stereocenters. The summed E-state index contributed by atoms with van der Waals surface area (Å²) in [5, 5.41) is 3.33. The number of piperidine rings is 1. The molecule has 0 radical (unpaired) electrons. The van der Waals surface area contributed by atoms with Gasteiger partial charge in [-0.2, -0.15) is 4.31 Å². The minimum atomic E-state index is -3.81. The molecular formula is C29H32ClN3O6S2. The Kier molecular flexibility index (Phi) is 8.34. The number of aryl methyl sites for hydroxylation is 1. The third kappa shape index (κ3) is 5.94. The van der Waals surface area contributed by atoms with E-state index in [9.17, 15) is 21.6 Å². The SMILES string of the molecule is CCOc1ccc(S(=O)(=O)N2CCC[C@@H](C(=O)Nc3ccc4c(c3)N(S(=O)(=O)c3ccc(Cl)cc3)CC4)C2)cc1C. The summed E-state index contributed by atoms with van der Waals surface area (Å²) in [6.45, 7) is 4.83. The van der Waals surface area contributed by atoms with Crippen LogP contribution in [0.25, 0.3) is 0 Å². The zero-order valence-electron chi connectivity index (χ0n) is 22.8. The molecule has 1 saturated heterocycles. The van der Waals surface area contributed by atoms with Gasteiger partial charge in [0, 0.05) is 30.3 Å². The maximum absolute atomic E-state index is 13.4. The molecule has 41 heavy (non-hydrogen) atoms. The highest BCUT2D eigenvalue weighted by Crippen LogP contribution is 2.36. The van der Waals surface area contributed by atoms with E-state index in [-0.39, 0.29) is 28.8 Å². The van der Waals surface area contributed by atoms with Crippen LogP contribution in [0.5, 0.6) is 5.75 Å². The Balaban J connectivity index is 1.31. The van der Waals surface area contributed by atoms with Gasteiger partial charge >= 0.3 is 0 Å². The quantitative estimate of drug-likeness (QED) is 0.387. The summed E-state index contributed by atoms with van der Waals surface area (Å²) in [4.78, 5) is 13.6. The third-order valence-electron chi connectivity index (χ3n) is 7.45. The van der Waals surface area contributed by atoms with E-state index in [1.54, 1.807) is 31.2 Å². The maximum Gasteiger partial charge on any atom is 0.264 e. The molecule has 12 heteroatoms. The number of nitrogens with zero attached hydrogens (tertiary/aromatic N) is 2. The van der Waals surface area contributed by atoms with Crippen molar-refractivity contribution in [2.75, 3.05) is 35.9 Å². The highest BCUT2D eigenvalue weighted by atomic mass is 35.5. The molecular weight excluding hydrogens is 586 g/mol. The molecule has 0 bridgehead atoms. The summed E-state index contributed by atoms with van der Waals surface area (Å²) < 4.78 is 61.7. The molecule has 1 N–H and O–H groups in total. The van der Waals surface area contributed by atoms with Gasteiger partial charge in [-0.05, 0) is 98.8 Å². The number of hydrogen-bond acceptors (Lipinski definition) is 6. The van der Waals surface area contributed by atoms with Crippen molar-refractivity contribution in [2.24, 2.45) is 5.92 Å². The second-order valence-corrected chi connectivity index (χ2v) is 14.4. The molecule has 9 nitrogen and oxygen atoms in total. The van der Waals surface area contributed by atoms with Crippen LogP contribution >= 0.6 is 11.6 Å². The van der Waals surface area contributed by atoms with Gasteiger partial charge in [-0.1, -0.05) is 17.7 Å². The first-order valence-corrected chi connectivity index (χ1v) is 16.7. The average Bonchev–Trinajstić information content (AvgIpc) is 3.39. The van der Waals surface area contributed by atoms with Gasteiger partial charge < -0.3 is 10.1 Å². The molecule has 1 amide bonds.